The molecule has 2 heterocycles. The SMILES string of the molecule is Cc1ccc(=O)n(CC(=O)NCCn2nc3c(cc2=O)CCC3)n1. The van der Waals surface area contributed by atoms with Crippen LogP contribution in [0.25, 0.3) is 0 Å². The quantitative estimate of drug-likeness (QED) is 0.791. The molecule has 0 aromatic carbocycles. The highest BCUT2D eigenvalue weighted by atomic mass is 16.2. The average Bonchev–Trinajstić information content (AvgIpc) is 2.98. The molecule has 0 bridgehead atoms. The number of carbonyl (C=O) groups is 1. The van der Waals surface area contributed by atoms with E-state index in [1.165, 1.54) is 10.7 Å². The van der Waals surface area contributed by atoms with E-state index in [2.05, 4.69) is 15.5 Å². The van der Waals surface area contributed by atoms with Crippen molar-refractivity contribution in [2.75, 3.05) is 6.54 Å². The van der Waals surface area contributed by atoms with Gasteiger partial charge in [0.15, 0.2) is 0 Å². The molecule has 0 saturated carbocycles. The second-order valence-electron chi connectivity index (χ2n) is 5.85. The molecule has 1 aliphatic carbocycles. The summed E-state index contributed by atoms with van der Waals surface area (Å²) in [5.74, 6) is -0.329. The number of aryl methyl sites for hydroxylation is 3. The molecular weight excluding hydrogens is 310 g/mol. The summed E-state index contributed by atoms with van der Waals surface area (Å²) < 4.78 is 2.49. The Morgan fingerprint density at radius 2 is 2.00 bits per heavy atom. The number of nitrogens with one attached hydrogen (secondary N) is 1. The fraction of sp³-hybridized carbons (Fsp3) is 0.438. The van der Waals surface area contributed by atoms with Crippen LogP contribution >= 0.6 is 0 Å². The van der Waals surface area contributed by atoms with Gasteiger partial charge in [-0.3, -0.25) is 14.4 Å². The lowest BCUT2D eigenvalue weighted by Crippen LogP contribution is -2.36. The van der Waals surface area contributed by atoms with Gasteiger partial charge in [0, 0.05) is 18.7 Å². The van der Waals surface area contributed by atoms with E-state index in [1.54, 1.807) is 19.1 Å². The largest absolute Gasteiger partial charge is 0.353 e. The van der Waals surface area contributed by atoms with Crippen LogP contribution in [-0.2, 0) is 30.7 Å². The maximum absolute atomic E-state index is 12.0. The van der Waals surface area contributed by atoms with Crippen molar-refractivity contribution in [2.24, 2.45) is 0 Å². The molecule has 8 heteroatoms. The predicted molar refractivity (Wildman–Crippen MR) is 86.8 cm³/mol. The summed E-state index contributed by atoms with van der Waals surface area (Å²) in [5, 5.41) is 11.0. The summed E-state index contributed by atoms with van der Waals surface area (Å²) in [6.45, 7) is 2.17. The highest BCUT2D eigenvalue weighted by Crippen LogP contribution is 2.16. The number of hydrogen-bond donors (Lipinski definition) is 1. The molecule has 0 radical (unpaired) electrons. The van der Waals surface area contributed by atoms with Crippen molar-refractivity contribution in [3.63, 3.8) is 0 Å². The highest BCUT2D eigenvalue weighted by Gasteiger charge is 2.14. The first-order valence-corrected chi connectivity index (χ1v) is 7.94. The normalized spacial score (nSPS) is 12.9. The van der Waals surface area contributed by atoms with Crippen LogP contribution in [0, 0.1) is 6.92 Å². The molecule has 24 heavy (non-hydrogen) atoms. The third kappa shape index (κ3) is 3.58. The van der Waals surface area contributed by atoms with Gasteiger partial charge in [-0.25, -0.2) is 9.36 Å². The van der Waals surface area contributed by atoms with Gasteiger partial charge < -0.3 is 5.32 Å². The van der Waals surface area contributed by atoms with Crippen molar-refractivity contribution >= 4 is 5.91 Å². The van der Waals surface area contributed by atoms with Gasteiger partial charge >= 0.3 is 0 Å². The lowest BCUT2D eigenvalue weighted by Gasteiger charge is -2.09. The third-order valence-electron chi connectivity index (χ3n) is 3.96. The summed E-state index contributed by atoms with van der Waals surface area (Å²) in [6.07, 6.45) is 2.83. The van der Waals surface area contributed by atoms with Crippen molar-refractivity contribution in [2.45, 2.75) is 39.3 Å². The Hall–Kier alpha value is -2.77. The van der Waals surface area contributed by atoms with Gasteiger partial charge in [-0.05, 0) is 37.8 Å². The Labute approximate surface area is 138 Å². The number of carbonyl (C=O) groups excluding carboxylic acids is 1. The Balaban J connectivity index is 1.57. The molecule has 0 spiro atoms. The summed E-state index contributed by atoms with van der Waals surface area (Å²) >= 11 is 0. The lowest BCUT2D eigenvalue weighted by molar-refractivity contribution is -0.121. The zero-order valence-electron chi connectivity index (χ0n) is 13.5. The van der Waals surface area contributed by atoms with E-state index in [-0.39, 0.29) is 30.1 Å². The van der Waals surface area contributed by atoms with Gasteiger partial charge in [-0.2, -0.15) is 10.2 Å². The van der Waals surface area contributed by atoms with E-state index in [0.717, 1.165) is 35.2 Å². The standard InChI is InChI=1S/C16H19N5O3/c1-11-5-6-15(23)21(18-11)10-14(22)17-7-8-20-16(24)9-12-3-2-4-13(12)19-20/h5-6,9H,2-4,7-8,10H2,1H3,(H,17,22). The van der Waals surface area contributed by atoms with Crippen molar-refractivity contribution in [1.29, 1.82) is 0 Å². The minimum atomic E-state index is -0.329. The third-order valence-corrected chi connectivity index (χ3v) is 3.96. The van der Waals surface area contributed by atoms with Crippen molar-refractivity contribution in [3.05, 3.63) is 55.9 Å². The Morgan fingerprint density at radius 3 is 2.83 bits per heavy atom. The minimum absolute atomic E-state index is 0.146. The zero-order valence-corrected chi connectivity index (χ0v) is 13.5. The Bertz CT molecular complexity index is 884. The van der Waals surface area contributed by atoms with E-state index in [1.807, 2.05) is 0 Å². The van der Waals surface area contributed by atoms with Crippen LogP contribution in [0.1, 0.15) is 23.4 Å². The number of aromatic nitrogens is 4. The molecule has 0 saturated heterocycles. The fourth-order valence-corrected chi connectivity index (χ4v) is 2.76. The predicted octanol–water partition coefficient (Wildman–Crippen LogP) is -0.586. The second kappa shape index (κ2) is 6.77. The maximum Gasteiger partial charge on any atom is 0.267 e. The first-order valence-electron chi connectivity index (χ1n) is 7.94. The number of rotatable bonds is 5. The summed E-state index contributed by atoms with van der Waals surface area (Å²) in [7, 11) is 0. The zero-order chi connectivity index (χ0) is 17.1. The van der Waals surface area contributed by atoms with Crippen molar-refractivity contribution in [1.82, 2.24) is 24.9 Å². The Kier molecular flexibility index (Phi) is 4.54. The van der Waals surface area contributed by atoms with Crippen LogP contribution in [0.5, 0.6) is 0 Å². The van der Waals surface area contributed by atoms with Crippen LogP contribution < -0.4 is 16.4 Å². The molecule has 0 unspecified atom stereocenters. The first kappa shape index (κ1) is 16.1. The maximum atomic E-state index is 12.0. The second-order valence-corrected chi connectivity index (χ2v) is 5.85. The van der Waals surface area contributed by atoms with Crippen LogP contribution in [0.4, 0.5) is 0 Å². The van der Waals surface area contributed by atoms with E-state index in [4.69, 9.17) is 0 Å². The highest BCUT2D eigenvalue weighted by molar-refractivity contribution is 5.75. The topological polar surface area (TPSA) is 98.9 Å². The Morgan fingerprint density at radius 1 is 1.17 bits per heavy atom. The summed E-state index contributed by atoms with van der Waals surface area (Å²) in [4.78, 5) is 35.5. The molecule has 3 rings (SSSR count). The van der Waals surface area contributed by atoms with Gasteiger partial charge in [0.1, 0.15) is 6.54 Å². The average molecular weight is 329 g/mol. The minimum Gasteiger partial charge on any atom is -0.353 e. The van der Waals surface area contributed by atoms with Crippen molar-refractivity contribution < 1.29 is 4.79 Å². The molecule has 0 atom stereocenters. The van der Waals surface area contributed by atoms with E-state index in [9.17, 15) is 14.4 Å². The fourth-order valence-electron chi connectivity index (χ4n) is 2.76. The van der Waals surface area contributed by atoms with Gasteiger partial charge in [-0.15, -0.1) is 0 Å². The molecule has 2 aromatic rings. The van der Waals surface area contributed by atoms with Crippen LogP contribution in [0.3, 0.4) is 0 Å². The number of fused-ring (bicyclic) bond motifs is 1. The van der Waals surface area contributed by atoms with Gasteiger partial charge in [0.25, 0.3) is 11.1 Å². The summed E-state index contributed by atoms with van der Waals surface area (Å²) in [6, 6.07) is 4.61. The van der Waals surface area contributed by atoms with Gasteiger partial charge in [0.2, 0.25) is 5.91 Å². The van der Waals surface area contributed by atoms with Crippen molar-refractivity contribution in [3.8, 4) is 0 Å². The number of hydrogen-bond acceptors (Lipinski definition) is 5. The monoisotopic (exact) mass is 329 g/mol. The number of amides is 1. The molecular formula is C16H19N5O3. The molecule has 1 N–H and O–H groups in total. The van der Waals surface area contributed by atoms with E-state index < -0.39 is 0 Å². The lowest BCUT2D eigenvalue weighted by atomic mass is 10.2. The first-order chi connectivity index (χ1) is 11.5. The van der Waals surface area contributed by atoms with Crippen LogP contribution in [0.2, 0.25) is 0 Å². The summed E-state index contributed by atoms with van der Waals surface area (Å²) in [5.41, 5.74) is 2.19. The molecule has 8 nitrogen and oxygen atoms in total. The molecule has 1 amide bonds. The molecule has 1 aliphatic rings. The molecule has 2 aromatic heterocycles. The molecule has 0 aliphatic heterocycles. The van der Waals surface area contributed by atoms with E-state index >= 15 is 0 Å². The number of nitrogens with zero attached hydrogens (tertiary/aromatic N) is 4. The molecule has 126 valence electrons. The van der Waals surface area contributed by atoms with Gasteiger partial charge in [-0.1, -0.05) is 0 Å². The molecule has 0 fully saturated rings. The van der Waals surface area contributed by atoms with Crippen LogP contribution in [0.15, 0.2) is 27.8 Å². The smallest absolute Gasteiger partial charge is 0.267 e. The van der Waals surface area contributed by atoms with Crippen LogP contribution in [-0.4, -0.2) is 32.0 Å². The van der Waals surface area contributed by atoms with Gasteiger partial charge in [0.05, 0.1) is 17.9 Å². The van der Waals surface area contributed by atoms with E-state index in [0.29, 0.717) is 12.2 Å².